The first-order valence-corrected chi connectivity index (χ1v) is 5.30. The van der Waals surface area contributed by atoms with Crippen molar-refractivity contribution in [1.29, 1.82) is 0 Å². The number of aromatic carboxylic acids is 1. The quantitative estimate of drug-likeness (QED) is 0.844. The zero-order valence-electron chi connectivity index (χ0n) is 8.10. The maximum atomic E-state index is 10.6. The van der Waals surface area contributed by atoms with Crippen molar-refractivity contribution in [3.05, 3.63) is 40.3 Å². The highest BCUT2D eigenvalue weighted by molar-refractivity contribution is 7.10. The highest BCUT2D eigenvalue weighted by atomic mass is 32.1. The van der Waals surface area contributed by atoms with E-state index in [0.29, 0.717) is 0 Å². The summed E-state index contributed by atoms with van der Waals surface area (Å²) in [6.07, 6.45) is 1.60. The van der Waals surface area contributed by atoms with Gasteiger partial charge in [-0.05, 0) is 30.0 Å². The maximum absolute atomic E-state index is 10.6. The molecule has 0 spiro atoms. The first-order chi connectivity index (χ1) is 7.18. The van der Waals surface area contributed by atoms with E-state index in [0.717, 1.165) is 11.1 Å². The molecule has 76 valence electrons. The summed E-state index contributed by atoms with van der Waals surface area (Å²) in [7, 11) is 0. The zero-order valence-corrected chi connectivity index (χ0v) is 8.91. The van der Waals surface area contributed by atoms with Crippen molar-refractivity contribution in [1.82, 2.24) is 4.98 Å². The van der Waals surface area contributed by atoms with Crippen LogP contribution < -0.4 is 0 Å². The molecule has 4 heteroatoms. The van der Waals surface area contributed by atoms with Gasteiger partial charge in [-0.25, -0.2) is 9.78 Å². The lowest BCUT2D eigenvalue weighted by Gasteiger charge is -2.00. The lowest BCUT2D eigenvalue weighted by atomic mass is 10.1. The second-order valence-corrected chi connectivity index (χ2v) is 4.25. The maximum Gasteiger partial charge on any atom is 0.354 e. The van der Waals surface area contributed by atoms with Crippen molar-refractivity contribution in [3.8, 4) is 11.1 Å². The van der Waals surface area contributed by atoms with Crippen molar-refractivity contribution in [3.63, 3.8) is 0 Å². The van der Waals surface area contributed by atoms with Crippen LogP contribution in [0.15, 0.2) is 29.8 Å². The van der Waals surface area contributed by atoms with Crippen LogP contribution in [-0.4, -0.2) is 16.1 Å². The fraction of sp³-hybridized carbons (Fsp3) is 0.0909. The molecule has 0 amide bonds. The minimum absolute atomic E-state index is 0.0756. The summed E-state index contributed by atoms with van der Waals surface area (Å²) in [5.41, 5.74) is 2.15. The van der Waals surface area contributed by atoms with E-state index in [-0.39, 0.29) is 5.69 Å². The Bertz CT molecular complexity index is 488. The first-order valence-electron chi connectivity index (χ1n) is 4.42. The van der Waals surface area contributed by atoms with Gasteiger partial charge in [0, 0.05) is 16.6 Å². The number of thiophene rings is 1. The van der Waals surface area contributed by atoms with E-state index < -0.39 is 5.97 Å². The van der Waals surface area contributed by atoms with Crippen molar-refractivity contribution in [2.45, 2.75) is 6.92 Å². The molecule has 2 rings (SSSR count). The van der Waals surface area contributed by atoms with Crippen LogP contribution in [0.3, 0.4) is 0 Å². The van der Waals surface area contributed by atoms with Crippen LogP contribution in [0.4, 0.5) is 0 Å². The highest BCUT2D eigenvalue weighted by Gasteiger charge is 2.06. The Morgan fingerprint density at radius 3 is 2.67 bits per heavy atom. The fourth-order valence-corrected chi connectivity index (χ4v) is 2.09. The Balaban J connectivity index is 2.40. The van der Waals surface area contributed by atoms with Crippen LogP contribution in [-0.2, 0) is 0 Å². The molecule has 15 heavy (non-hydrogen) atoms. The molecule has 0 aliphatic heterocycles. The van der Waals surface area contributed by atoms with Crippen LogP contribution >= 0.6 is 11.3 Å². The average Bonchev–Trinajstić information content (AvgIpc) is 2.65. The van der Waals surface area contributed by atoms with Gasteiger partial charge in [0.1, 0.15) is 5.69 Å². The van der Waals surface area contributed by atoms with Crippen LogP contribution in [0.2, 0.25) is 0 Å². The summed E-state index contributed by atoms with van der Waals surface area (Å²) in [6.45, 7) is 2.03. The Labute approximate surface area is 91.0 Å². The standard InChI is InChI=1S/C11H9NO2S/c1-7-9(4-5-15-7)8-2-3-10(11(13)14)12-6-8/h2-6H,1H3,(H,13,14). The molecule has 0 saturated heterocycles. The van der Waals surface area contributed by atoms with Crippen molar-refractivity contribution in [2.24, 2.45) is 0 Å². The lowest BCUT2D eigenvalue weighted by molar-refractivity contribution is 0.0690. The van der Waals surface area contributed by atoms with E-state index in [1.807, 2.05) is 18.4 Å². The minimum atomic E-state index is -0.997. The molecule has 0 bridgehead atoms. The molecule has 2 heterocycles. The third kappa shape index (κ3) is 1.89. The Morgan fingerprint density at radius 2 is 2.20 bits per heavy atom. The Morgan fingerprint density at radius 1 is 1.40 bits per heavy atom. The molecule has 1 N–H and O–H groups in total. The molecular formula is C11H9NO2S. The Kier molecular flexibility index (Phi) is 2.51. The number of hydrogen-bond donors (Lipinski definition) is 1. The van der Waals surface area contributed by atoms with E-state index in [4.69, 9.17) is 5.11 Å². The summed E-state index contributed by atoms with van der Waals surface area (Å²) < 4.78 is 0. The van der Waals surface area contributed by atoms with Gasteiger partial charge in [0.05, 0.1) is 0 Å². The SMILES string of the molecule is Cc1sccc1-c1ccc(C(=O)O)nc1. The van der Waals surface area contributed by atoms with Crippen LogP contribution in [0.5, 0.6) is 0 Å². The van der Waals surface area contributed by atoms with Gasteiger partial charge in [-0.1, -0.05) is 6.07 Å². The smallest absolute Gasteiger partial charge is 0.354 e. The Hall–Kier alpha value is -1.68. The van der Waals surface area contributed by atoms with Crippen LogP contribution in [0, 0.1) is 6.92 Å². The summed E-state index contributed by atoms with van der Waals surface area (Å²) in [6, 6.07) is 5.32. The molecular weight excluding hydrogens is 210 g/mol. The summed E-state index contributed by atoms with van der Waals surface area (Å²) in [5, 5.41) is 10.7. The van der Waals surface area contributed by atoms with Gasteiger partial charge in [-0.15, -0.1) is 11.3 Å². The third-order valence-corrected chi connectivity index (χ3v) is 3.00. The zero-order chi connectivity index (χ0) is 10.8. The topological polar surface area (TPSA) is 50.2 Å². The highest BCUT2D eigenvalue weighted by Crippen LogP contribution is 2.26. The third-order valence-electron chi connectivity index (χ3n) is 2.15. The molecule has 3 nitrogen and oxygen atoms in total. The normalized spacial score (nSPS) is 10.2. The van der Waals surface area contributed by atoms with Gasteiger partial charge in [-0.2, -0.15) is 0 Å². The fourth-order valence-electron chi connectivity index (χ4n) is 1.36. The molecule has 0 fully saturated rings. The van der Waals surface area contributed by atoms with Crippen molar-refractivity contribution >= 4 is 17.3 Å². The number of nitrogens with zero attached hydrogens (tertiary/aromatic N) is 1. The number of aromatic nitrogens is 1. The molecule has 0 saturated carbocycles. The summed E-state index contributed by atoms with van der Waals surface area (Å²) >= 11 is 1.67. The molecule has 0 aliphatic rings. The van der Waals surface area contributed by atoms with E-state index >= 15 is 0 Å². The van der Waals surface area contributed by atoms with E-state index in [9.17, 15) is 4.79 Å². The predicted molar refractivity (Wildman–Crippen MR) is 59.2 cm³/mol. The largest absolute Gasteiger partial charge is 0.477 e. The average molecular weight is 219 g/mol. The molecule has 2 aromatic heterocycles. The number of aryl methyl sites for hydroxylation is 1. The van der Waals surface area contributed by atoms with Gasteiger partial charge < -0.3 is 5.11 Å². The number of carbonyl (C=O) groups is 1. The van der Waals surface area contributed by atoms with Gasteiger partial charge in [-0.3, -0.25) is 0 Å². The molecule has 0 atom stereocenters. The number of pyridine rings is 1. The van der Waals surface area contributed by atoms with E-state index in [2.05, 4.69) is 4.98 Å². The number of carboxylic acids is 1. The minimum Gasteiger partial charge on any atom is -0.477 e. The molecule has 0 aromatic carbocycles. The van der Waals surface area contributed by atoms with Gasteiger partial charge in [0.25, 0.3) is 0 Å². The lowest BCUT2D eigenvalue weighted by Crippen LogP contribution is -1.99. The van der Waals surface area contributed by atoms with Crippen LogP contribution in [0.25, 0.3) is 11.1 Å². The first kappa shape index (κ1) is 9.86. The summed E-state index contributed by atoms with van der Waals surface area (Å²) in [4.78, 5) is 15.7. The molecule has 0 radical (unpaired) electrons. The van der Waals surface area contributed by atoms with Crippen LogP contribution in [0.1, 0.15) is 15.4 Å². The van der Waals surface area contributed by atoms with Gasteiger partial charge in [0.15, 0.2) is 0 Å². The summed E-state index contributed by atoms with van der Waals surface area (Å²) in [5.74, 6) is -0.997. The number of carboxylic acid groups (broad SMARTS) is 1. The second-order valence-electron chi connectivity index (χ2n) is 3.13. The number of rotatable bonds is 2. The molecule has 2 aromatic rings. The number of hydrogen-bond acceptors (Lipinski definition) is 3. The van der Waals surface area contributed by atoms with Crippen molar-refractivity contribution < 1.29 is 9.90 Å². The van der Waals surface area contributed by atoms with Gasteiger partial charge in [0.2, 0.25) is 0 Å². The van der Waals surface area contributed by atoms with Gasteiger partial charge >= 0.3 is 5.97 Å². The molecule has 0 unspecified atom stereocenters. The monoisotopic (exact) mass is 219 g/mol. The predicted octanol–water partition coefficient (Wildman–Crippen LogP) is 2.82. The van der Waals surface area contributed by atoms with E-state index in [1.54, 1.807) is 23.6 Å². The van der Waals surface area contributed by atoms with Crippen molar-refractivity contribution in [2.75, 3.05) is 0 Å². The van der Waals surface area contributed by atoms with E-state index in [1.165, 1.54) is 10.9 Å². The second kappa shape index (κ2) is 3.82. The molecule has 0 aliphatic carbocycles.